The number of likely N-dealkylation sites (tertiary alicyclic amines) is 1. The molecule has 1 aliphatic rings. The van der Waals surface area contributed by atoms with Crippen LogP contribution in [0.25, 0.3) is 10.9 Å². The summed E-state index contributed by atoms with van der Waals surface area (Å²) in [6.07, 6.45) is 2.90. The van der Waals surface area contributed by atoms with Crippen LogP contribution in [0.4, 0.5) is 0 Å². The van der Waals surface area contributed by atoms with Crippen molar-refractivity contribution in [2.75, 3.05) is 26.2 Å². The molecule has 3 rings (SSSR count). The van der Waals surface area contributed by atoms with Crippen LogP contribution in [0.3, 0.4) is 0 Å². The first kappa shape index (κ1) is 15.9. The summed E-state index contributed by atoms with van der Waals surface area (Å²) in [6.45, 7) is 8.64. The highest BCUT2D eigenvalue weighted by molar-refractivity contribution is 6.05. The van der Waals surface area contributed by atoms with E-state index >= 15 is 0 Å². The number of amides is 1. The van der Waals surface area contributed by atoms with Gasteiger partial charge in [-0.05, 0) is 36.9 Å². The van der Waals surface area contributed by atoms with E-state index in [0.29, 0.717) is 17.4 Å². The first-order valence-corrected chi connectivity index (χ1v) is 8.48. The van der Waals surface area contributed by atoms with Gasteiger partial charge in [-0.25, -0.2) is 0 Å². The van der Waals surface area contributed by atoms with Gasteiger partial charge in [0.05, 0.1) is 11.1 Å². The Morgan fingerprint density at radius 1 is 1.35 bits per heavy atom. The molecule has 4 heteroatoms. The van der Waals surface area contributed by atoms with E-state index < -0.39 is 0 Å². The first-order chi connectivity index (χ1) is 11.1. The van der Waals surface area contributed by atoms with Gasteiger partial charge in [-0.1, -0.05) is 32.0 Å². The number of aromatic nitrogens is 1. The molecule has 1 N–H and O–H groups in total. The first-order valence-electron chi connectivity index (χ1n) is 8.48. The molecule has 1 amide bonds. The van der Waals surface area contributed by atoms with Crippen molar-refractivity contribution in [3.8, 4) is 0 Å². The minimum atomic E-state index is -0.0170. The predicted molar refractivity (Wildman–Crippen MR) is 93.5 cm³/mol. The van der Waals surface area contributed by atoms with Crippen LogP contribution in [0.1, 0.15) is 30.6 Å². The lowest BCUT2D eigenvalue weighted by Gasteiger charge is -2.18. The fraction of sp³-hybridized carbons (Fsp3) is 0.474. The van der Waals surface area contributed by atoms with Gasteiger partial charge in [0.15, 0.2) is 0 Å². The van der Waals surface area contributed by atoms with Crippen molar-refractivity contribution in [3.63, 3.8) is 0 Å². The molecule has 1 aromatic carbocycles. The number of carbonyl (C=O) groups excluding carboxylic acids is 1. The zero-order valence-corrected chi connectivity index (χ0v) is 14.0. The number of nitrogens with one attached hydrogen (secondary N) is 1. The van der Waals surface area contributed by atoms with Crippen molar-refractivity contribution in [2.24, 2.45) is 11.8 Å². The topological polar surface area (TPSA) is 45.2 Å². The Morgan fingerprint density at radius 3 is 3.00 bits per heavy atom. The summed E-state index contributed by atoms with van der Waals surface area (Å²) in [5.41, 5.74) is 1.44. The lowest BCUT2D eigenvalue weighted by atomic mass is 10.1. The molecule has 1 fully saturated rings. The van der Waals surface area contributed by atoms with E-state index in [1.807, 2.05) is 30.3 Å². The molecule has 122 valence electrons. The lowest BCUT2D eigenvalue weighted by Crippen LogP contribution is -2.32. The van der Waals surface area contributed by atoms with E-state index in [2.05, 4.69) is 29.0 Å². The zero-order valence-electron chi connectivity index (χ0n) is 14.0. The Labute approximate surface area is 137 Å². The molecule has 2 heterocycles. The lowest BCUT2D eigenvalue weighted by molar-refractivity contribution is 0.0948. The van der Waals surface area contributed by atoms with Crippen molar-refractivity contribution < 1.29 is 4.79 Å². The molecule has 0 bridgehead atoms. The highest BCUT2D eigenvalue weighted by atomic mass is 16.1. The average molecular weight is 311 g/mol. The minimum absolute atomic E-state index is 0.0170. The Kier molecular flexibility index (Phi) is 4.91. The number of para-hydroxylation sites is 1. The Morgan fingerprint density at radius 2 is 2.17 bits per heavy atom. The van der Waals surface area contributed by atoms with Gasteiger partial charge in [0.1, 0.15) is 0 Å². The number of benzene rings is 1. The summed E-state index contributed by atoms with van der Waals surface area (Å²) in [5, 5.41) is 4.11. The van der Waals surface area contributed by atoms with Crippen LogP contribution in [-0.2, 0) is 0 Å². The molecule has 23 heavy (non-hydrogen) atoms. The molecule has 2 aromatic rings. The van der Waals surface area contributed by atoms with Gasteiger partial charge in [0.2, 0.25) is 0 Å². The molecule has 1 atom stereocenters. The molecule has 0 saturated carbocycles. The third-order valence-corrected chi connectivity index (χ3v) is 4.42. The van der Waals surface area contributed by atoms with Crippen molar-refractivity contribution in [1.82, 2.24) is 15.2 Å². The van der Waals surface area contributed by atoms with Crippen LogP contribution in [0, 0.1) is 11.8 Å². The zero-order chi connectivity index (χ0) is 16.2. The summed E-state index contributed by atoms with van der Waals surface area (Å²) >= 11 is 0. The van der Waals surface area contributed by atoms with Gasteiger partial charge < -0.3 is 10.2 Å². The molecule has 0 aliphatic carbocycles. The molecule has 4 nitrogen and oxygen atoms in total. The summed E-state index contributed by atoms with van der Waals surface area (Å²) in [6, 6.07) is 9.63. The third-order valence-electron chi connectivity index (χ3n) is 4.42. The van der Waals surface area contributed by atoms with Crippen molar-refractivity contribution in [1.29, 1.82) is 0 Å². The largest absolute Gasteiger partial charge is 0.352 e. The molecule has 1 saturated heterocycles. The van der Waals surface area contributed by atoms with E-state index in [1.165, 1.54) is 6.42 Å². The van der Waals surface area contributed by atoms with Gasteiger partial charge in [-0.3, -0.25) is 9.78 Å². The quantitative estimate of drug-likeness (QED) is 0.923. The molecular formula is C19H25N3O. The van der Waals surface area contributed by atoms with Crippen LogP contribution in [-0.4, -0.2) is 42.0 Å². The summed E-state index contributed by atoms with van der Waals surface area (Å²) in [5.74, 6) is 1.24. The number of carbonyl (C=O) groups is 1. The Hall–Kier alpha value is -1.94. The van der Waals surface area contributed by atoms with Crippen LogP contribution in [0.5, 0.6) is 0 Å². The highest BCUT2D eigenvalue weighted by Gasteiger charge is 2.23. The van der Waals surface area contributed by atoms with Crippen molar-refractivity contribution in [2.45, 2.75) is 20.3 Å². The maximum Gasteiger partial charge on any atom is 0.253 e. The van der Waals surface area contributed by atoms with E-state index in [-0.39, 0.29) is 5.91 Å². The second-order valence-electron chi connectivity index (χ2n) is 6.90. The smallest absolute Gasteiger partial charge is 0.253 e. The Bertz CT molecular complexity index is 678. The van der Waals surface area contributed by atoms with Crippen LogP contribution in [0.15, 0.2) is 36.5 Å². The van der Waals surface area contributed by atoms with E-state index in [0.717, 1.165) is 37.1 Å². The molecule has 0 spiro atoms. The summed E-state index contributed by atoms with van der Waals surface area (Å²) in [4.78, 5) is 19.4. The maximum atomic E-state index is 12.5. The Balaban J connectivity index is 1.59. The highest BCUT2D eigenvalue weighted by Crippen LogP contribution is 2.18. The maximum absolute atomic E-state index is 12.5. The number of rotatable bonds is 5. The number of hydrogen-bond donors (Lipinski definition) is 1. The molecule has 1 aliphatic heterocycles. The third kappa shape index (κ3) is 3.88. The predicted octanol–water partition coefficient (Wildman–Crippen LogP) is 2.94. The standard InChI is InChI=1S/C19H25N3O/c1-14(2)12-22-10-8-15(13-22)11-21-19(23)17-7-3-5-16-6-4-9-20-18(16)17/h3-7,9,14-15H,8,10-13H2,1-2H3,(H,21,23)/t15-/m0/s1. The minimum Gasteiger partial charge on any atom is -0.352 e. The van der Waals surface area contributed by atoms with Crippen LogP contribution >= 0.6 is 0 Å². The molecule has 0 unspecified atom stereocenters. The number of nitrogens with zero attached hydrogens (tertiary/aromatic N) is 2. The van der Waals surface area contributed by atoms with E-state index in [1.54, 1.807) is 6.20 Å². The fourth-order valence-electron chi connectivity index (χ4n) is 3.38. The van der Waals surface area contributed by atoms with Gasteiger partial charge in [-0.2, -0.15) is 0 Å². The molecule has 0 radical (unpaired) electrons. The molecule has 1 aromatic heterocycles. The summed E-state index contributed by atoms with van der Waals surface area (Å²) < 4.78 is 0. The second-order valence-corrected chi connectivity index (χ2v) is 6.90. The van der Waals surface area contributed by atoms with Crippen LogP contribution in [0.2, 0.25) is 0 Å². The fourth-order valence-corrected chi connectivity index (χ4v) is 3.38. The van der Waals surface area contributed by atoms with E-state index in [4.69, 9.17) is 0 Å². The summed E-state index contributed by atoms with van der Waals surface area (Å²) in [7, 11) is 0. The van der Waals surface area contributed by atoms with Crippen LogP contribution < -0.4 is 5.32 Å². The van der Waals surface area contributed by atoms with Crippen molar-refractivity contribution >= 4 is 16.8 Å². The SMILES string of the molecule is CC(C)CN1CC[C@@H](CNC(=O)c2cccc3cccnc23)C1. The average Bonchev–Trinajstić information content (AvgIpc) is 2.98. The van der Waals surface area contributed by atoms with Gasteiger partial charge in [-0.15, -0.1) is 0 Å². The monoisotopic (exact) mass is 311 g/mol. The normalized spacial score (nSPS) is 18.7. The van der Waals surface area contributed by atoms with Gasteiger partial charge in [0, 0.05) is 31.2 Å². The number of hydrogen-bond acceptors (Lipinski definition) is 3. The number of fused-ring (bicyclic) bond motifs is 1. The second kappa shape index (κ2) is 7.09. The van der Waals surface area contributed by atoms with E-state index in [9.17, 15) is 4.79 Å². The number of pyridine rings is 1. The van der Waals surface area contributed by atoms with Gasteiger partial charge in [0.25, 0.3) is 5.91 Å². The van der Waals surface area contributed by atoms with Gasteiger partial charge >= 0.3 is 0 Å². The molecular weight excluding hydrogens is 286 g/mol. The van der Waals surface area contributed by atoms with Crippen molar-refractivity contribution in [3.05, 3.63) is 42.1 Å².